The van der Waals surface area contributed by atoms with E-state index in [4.69, 9.17) is 10.5 Å². The number of benzene rings is 1. The summed E-state index contributed by atoms with van der Waals surface area (Å²) >= 11 is 0. The van der Waals surface area contributed by atoms with Gasteiger partial charge < -0.3 is 0 Å². The van der Waals surface area contributed by atoms with Gasteiger partial charge in [-0.3, -0.25) is 5.43 Å². The summed E-state index contributed by atoms with van der Waals surface area (Å²) in [6.07, 6.45) is 1.12. The molecule has 0 aliphatic heterocycles. The second-order valence-electron chi connectivity index (χ2n) is 4.00. The molecule has 0 saturated heterocycles. The van der Waals surface area contributed by atoms with E-state index < -0.39 is 9.84 Å². The van der Waals surface area contributed by atoms with Gasteiger partial charge in [-0.25, -0.2) is 8.42 Å². The largest absolute Gasteiger partial charge is 0.276 e. The fourth-order valence-corrected chi connectivity index (χ4v) is 2.52. The number of nitrogens with one attached hydrogen (secondary N) is 1. The smallest absolute Gasteiger partial charge is 0.237 e. The number of anilines is 1. The first-order valence-electron chi connectivity index (χ1n) is 5.24. The van der Waals surface area contributed by atoms with Crippen LogP contribution in [0.25, 0.3) is 0 Å². The Kier molecular flexibility index (Phi) is 4.26. The summed E-state index contributed by atoms with van der Waals surface area (Å²) < 4.78 is 23.2. The van der Waals surface area contributed by atoms with Gasteiger partial charge in [-0.2, -0.15) is 15.6 Å². The lowest BCUT2D eigenvalue weighted by Crippen LogP contribution is -2.04. The molecule has 1 aromatic carbocycles. The molecule has 0 fully saturated rings. The van der Waals surface area contributed by atoms with Crippen molar-refractivity contribution < 1.29 is 8.42 Å². The zero-order valence-corrected chi connectivity index (χ0v) is 11.5. The summed E-state index contributed by atoms with van der Waals surface area (Å²) in [5, 5.41) is 20.7. The van der Waals surface area contributed by atoms with E-state index >= 15 is 0 Å². The Morgan fingerprint density at radius 1 is 1.21 bits per heavy atom. The molecule has 0 bridgehead atoms. The van der Waals surface area contributed by atoms with Gasteiger partial charge in [-0.15, -0.1) is 0 Å². The van der Waals surface area contributed by atoms with Crippen LogP contribution in [0.15, 0.2) is 22.1 Å². The van der Waals surface area contributed by atoms with Crippen molar-refractivity contribution in [2.24, 2.45) is 5.10 Å². The number of aryl methyl sites for hydroxylation is 2. The zero-order valence-electron chi connectivity index (χ0n) is 10.7. The maximum Gasteiger partial charge on any atom is 0.237 e. The van der Waals surface area contributed by atoms with Crippen LogP contribution in [0.1, 0.15) is 11.1 Å². The Morgan fingerprint density at radius 2 is 1.79 bits per heavy atom. The molecule has 1 rings (SSSR count). The third-order valence-electron chi connectivity index (χ3n) is 2.42. The number of rotatable bonds is 3. The molecule has 0 saturated carbocycles. The molecule has 19 heavy (non-hydrogen) atoms. The Bertz CT molecular complexity index is 705. The second kappa shape index (κ2) is 5.51. The fourth-order valence-electron chi connectivity index (χ4n) is 1.54. The van der Waals surface area contributed by atoms with Crippen LogP contribution in [-0.2, 0) is 9.84 Å². The summed E-state index contributed by atoms with van der Waals surface area (Å²) in [6, 6.07) is 6.35. The summed E-state index contributed by atoms with van der Waals surface area (Å²) in [6.45, 7) is 3.47. The molecular weight excluding hydrogens is 264 g/mol. The second-order valence-corrected chi connectivity index (χ2v) is 5.98. The van der Waals surface area contributed by atoms with Crippen LogP contribution in [0.2, 0.25) is 0 Å². The predicted octanol–water partition coefficient (Wildman–Crippen LogP) is 1.52. The zero-order chi connectivity index (χ0) is 14.6. The molecule has 0 unspecified atom stereocenters. The molecule has 0 heterocycles. The molecule has 0 spiro atoms. The van der Waals surface area contributed by atoms with Crippen molar-refractivity contribution in [2.75, 3.05) is 11.7 Å². The number of hydrogen-bond donors (Lipinski definition) is 1. The van der Waals surface area contributed by atoms with Gasteiger partial charge in [-0.05, 0) is 31.0 Å². The SMILES string of the molecule is Cc1cc(C)c(S(C)(=O)=O)cc1NN=C(C#N)C#N. The molecule has 0 atom stereocenters. The fraction of sp³-hybridized carbons (Fsp3) is 0.250. The highest BCUT2D eigenvalue weighted by molar-refractivity contribution is 7.90. The normalized spacial score (nSPS) is 10.2. The monoisotopic (exact) mass is 276 g/mol. The molecule has 1 aromatic rings. The number of sulfone groups is 1. The number of hydrogen-bond acceptors (Lipinski definition) is 6. The average molecular weight is 276 g/mol. The molecule has 98 valence electrons. The maximum atomic E-state index is 11.6. The molecule has 1 N–H and O–H groups in total. The van der Waals surface area contributed by atoms with E-state index in [0.717, 1.165) is 11.8 Å². The topological polar surface area (TPSA) is 106 Å². The first kappa shape index (κ1) is 14.7. The van der Waals surface area contributed by atoms with Crippen LogP contribution in [0.3, 0.4) is 0 Å². The van der Waals surface area contributed by atoms with E-state index in [-0.39, 0.29) is 10.6 Å². The molecule has 7 heteroatoms. The van der Waals surface area contributed by atoms with Gasteiger partial charge in [0.05, 0.1) is 10.6 Å². The van der Waals surface area contributed by atoms with Crippen LogP contribution < -0.4 is 5.43 Å². The van der Waals surface area contributed by atoms with E-state index in [9.17, 15) is 8.42 Å². The summed E-state index contributed by atoms with van der Waals surface area (Å²) in [7, 11) is -3.34. The van der Waals surface area contributed by atoms with Gasteiger partial charge in [0, 0.05) is 6.26 Å². The van der Waals surface area contributed by atoms with Gasteiger partial charge in [0.15, 0.2) is 9.84 Å². The minimum absolute atomic E-state index is 0.186. The molecule has 6 nitrogen and oxygen atoms in total. The van der Waals surface area contributed by atoms with Gasteiger partial charge in [-0.1, -0.05) is 6.07 Å². The molecular formula is C12H12N4O2S. The molecule has 0 aliphatic carbocycles. The van der Waals surface area contributed by atoms with Crippen molar-refractivity contribution in [2.45, 2.75) is 18.7 Å². The van der Waals surface area contributed by atoms with E-state index in [1.807, 2.05) is 0 Å². The number of nitriles is 2. The third-order valence-corrected chi connectivity index (χ3v) is 3.66. The molecule has 0 radical (unpaired) electrons. The summed E-state index contributed by atoms with van der Waals surface area (Å²) in [4.78, 5) is 0.186. The van der Waals surface area contributed by atoms with Crippen molar-refractivity contribution in [1.82, 2.24) is 0 Å². The van der Waals surface area contributed by atoms with Crippen LogP contribution >= 0.6 is 0 Å². The van der Waals surface area contributed by atoms with Crippen molar-refractivity contribution in [3.05, 3.63) is 23.3 Å². The van der Waals surface area contributed by atoms with Gasteiger partial charge in [0.2, 0.25) is 5.71 Å². The van der Waals surface area contributed by atoms with Crippen LogP contribution in [0.4, 0.5) is 5.69 Å². The first-order valence-corrected chi connectivity index (χ1v) is 7.14. The summed E-state index contributed by atoms with van der Waals surface area (Å²) in [5.41, 5.74) is 4.04. The Hall–Kier alpha value is -2.38. The predicted molar refractivity (Wildman–Crippen MR) is 71.3 cm³/mol. The molecule has 0 aromatic heterocycles. The highest BCUT2D eigenvalue weighted by Gasteiger charge is 2.13. The number of nitrogens with zero attached hydrogens (tertiary/aromatic N) is 3. The lowest BCUT2D eigenvalue weighted by Gasteiger charge is -2.10. The van der Waals surface area contributed by atoms with Crippen LogP contribution in [-0.4, -0.2) is 20.4 Å². The molecule has 0 amide bonds. The van der Waals surface area contributed by atoms with Gasteiger partial charge in [0.25, 0.3) is 0 Å². The van der Waals surface area contributed by atoms with Crippen molar-refractivity contribution in [1.29, 1.82) is 10.5 Å². The van der Waals surface area contributed by atoms with E-state index in [2.05, 4.69) is 10.5 Å². The Labute approximate surface area is 111 Å². The quantitative estimate of drug-likeness (QED) is 0.665. The van der Waals surface area contributed by atoms with E-state index in [1.165, 1.54) is 6.07 Å². The Morgan fingerprint density at radius 3 is 2.26 bits per heavy atom. The highest BCUT2D eigenvalue weighted by Crippen LogP contribution is 2.24. The van der Waals surface area contributed by atoms with Crippen molar-refractivity contribution in [3.8, 4) is 12.1 Å². The maximum absolute atomic E-state index is 11.6. The lowest BCUT2D eigenvalue weighted by molar-refractivity contribution is 0.601. The van der Waals surface area contributed by atoms with Gasteiger partial charge in [0.1, 0.15) is 12.1 Å². The van der Waals surface area contributed by atoms with E-state index in [1.54, 1.807) is 32.1 Å². The minimum atomic E-state index is -3.34. The third kappa shape index (κ3) is 3.54. The van der Waals surface area contributed by atoms with E-state index in [0.29, 0.717) is 11.3 Å². The Balaban J connectivity index is 3.29. The average Bonchev–Trinajstić information content (AvgIpc) is 2.31. The van der Waals surface area contributed by atoms with Gasteiger partial charge >= 0.3 is 0 Å². The van der Waals surface area contributed by atoms with Crippen LogP contribution in [0.5, 0.6) is 0 Å². The van der Waals surface area contributed by atoms with Crippen molar-refractivity contribution >= 4 is 21.2 Å². The van der Waals surface area contributed by atoms with Crippen molar-refractivity contribution in [3.63, 3.8) is 0 Å². The lowest BCUT2D eigenvalue weighted by atomic mass is 10.1. The van der Waals surface area contributed by atoms with Crippen LogP contribution in [0, 0.1) is 36.5 Å². The highest BCUT2D eigenvalue weighted by atomic mass is 32.2. The molecule has 0 aliphatic rings. The first-order chi connectivity index (χ1) is 8.79. The minimum Gasteiger partial charge on any atom is -0.276 e. The number of hydrazone groups is 1. The summed E-state index contributed by atoms with van der Waals surface area (Å²) in [5.74, 6) is 0. The standard InChI is InChI=1S/C12H12N4O2S/c1-8-4-9(2)12(19(3,17)18)5-11(8)16-15-10(6-13)7-14/h4-5,16H,1-3H3.